The minimum absolute atomic E-state index is 0.0982. The zero-order chi connectivity index (χ0) is 26.1. The van der Waals surface area contributed by atoms with Crippen molar-refractivity contribution in [2.45, 2.75) is 0 Å². The van der Waals surface area contributed by atoms with Crippen LogP contribution in [0.5, 0.6) is 34.5 Å². The number of benzene rings is 3. The molecule has 0 radical (unpaired) electrons. The Hall–Kier alpha value is -4.59. The Labute approximate surface area is 210 Å². The van der Waals surface area contributed by atoms with Gasteiger partial charge in [0.25, 0.3) is 0 Å². The fraction of sp³-hybridized carbons (Fsp3) is 0.179. The second-order valence-electron chi connectivity index (χ2n) is 7.41. The molecule has 0 bridgehead atoms. The third kappa shape index (κ3) is 5.72. The molecule has 3 aromatic carbocycles. The van der Waals surface area contributed by atoms with Crippen molar-refractivity contribution in [2.24, 2.45) is 0 Å². The SMILES string of the molecule is COc1ccccc1C(=O)C=CNc1c(C=Cc2cc(OC)c(OC)c(OC)c2)ccc(OC)c1O. The molecule has 0 spiro atoms. The topological polar surface area (TPSA) is 95.5 Å². The van der Waals surface area contributed by atoms with E-state index in [-0.39, 0.29) is 17.3 Å². The van der Waals surface area contributed by atoms with Gasteiger partial charge in [-0.1, -0.05) is 24.3 Å². The van der Waals surface area contributed by atoms with Crippen LogP contribution in [0.15, 0.2) is 60.8 Å². The first kappa shape index (κ1) is 26.0. The van der Waals surface area contributed by atoms with Crippen molar-refractivity contribution in [1.29, 1.82) is 0 Å². The molecule has 188 valence electrons. The van der Waals surface area contributed by atoms with Crippen LogP contribution in [0, 0.1) is 0 Å². The molecule has 8 heteroatoms. The summed E-state index contributed by atoms with van der Waals surface area (Å²) in [5, 5.41) is 13.7. The number of rotatable bonds is 11. The van der Waals surface area contributed by atoms with Crippen LogP contribution in [0.1, 0.15) is 21.5 Å². The molecule has 0 aliphatic rings. The largest absolute Gasteiger partial charge is 0.503 e. The number of ether oxygens (including phenoxy) is 5. The maximum Gasteiger partial charge on any atom is 0.203 e. The number of anilines is 1. The summed E-state index contributed by atoms with van der Waals surface area (Å²) in [6.45, 7) is 0. The van der Waals surface area contributed by atoms with E-state index in [2.05, 4.69) is 5.32 Å². The number of hydrogen-bond donors (Lipinski definition) is 2. The first-order chi connectivity index (χ1) is 17.5. The number of ketones is 1. The summed E-state index contributed by atoms with van der Waals surface area (Å²) < 4.78 is 26.7. The van der Waals surface area contributed by atoms with E-state index in [9.17, 15) is 9.90 Å². The highest BCUT2D eigenvalue weighted by Gasteiger charge is 2.14. The Bertz CT molecular complexity index is 1260. The standard InChI is InChI=1S/C28H29NO7/c1-32-22-9-7-6-8-20(22)21(30)14-15-29-26-19(12-13-23(33-2)27(26)31)11-10-18-16-24(34-3)28(36-5)25(17-18)35-4/h6-17,29,31H,1-5H3. The minimum atomic E-state index is -0.253. The molecule has 0 unspecified atom stereocenters. The maximum atomic E-state index is 12.6. The minimum Gasteiger partial charge on any atom is -0.503 e. The van der Waals surface area contributed by atoms with Gasteiger partial charge in [0.15, 0.2) is 28.8 Å². The molecule has 0 aromatic heterocycles. The fourth-order valence-corrected chi connectivity index (χ4v) is 3.57. The Balaban J connectivity index is 1.92. The molecule has 8 nitrogen and oxygen atoms in total. The van der Waals surface area contributed by atoms with Crippen molar-refractivity contribution in [3.8, 4) is 34.5 Å². The highest BCUT2D eigenvalue weighted by atomic mass is 16.5. The second-order valence-corrected chi connectivity index (χ2v) is 7.41. The first-order valence-corrected chi connectivity index (χ1v) is 11.0. The van der Waals surface area contributed by atoms with Crippen molar-refractivity contribution in [3.05, 3.63) is 77.5 Å². The van der Waals surface area contributed by atoms with Crippen molar-refractivity contribution in [2.75, 3.05) is 40.9 Å². The van der Waals surface area contributed by atoms with Gasteiger partial charge in [-0.15, -0.1) is 0 Å². The Kier molecular flexibility index (Phi) is 8.83. The van der Waals surface area contributed by atoms with Crippen molar-refractivity contribution < 1.29 is 33.6 Å². The van der Waals surface area contributed by atoms with Gasteiger partial charge < -0.3 is 34.1 Å². The summed E-state index contributed by atoms with van der Waals surface area (Å²) in [4.78, 5) is 12.6. The molecule has 0 atom stereocenters. The predicted molar refractivity (Wildman–Crippen MR) is 140 cm³/mol. The van der Waals surface area contributed by atoms with Crippen LogP contribution < -0.4 is 29.0 Å². The lowest BCUT2D eigenvalue weighted by molar-refractivity contribution is 0.104. The van der Waals surface area contributed by atoms with Gasteiger partial charge in [0.2, 0.25) is 5.75 Å². The lowest BCUT2D eigenvalue weighted by Crippen LogP contribution is -2.00. The lowest BCUT2D eigenvalue weighted by Gasteiger charge is -2.14. The smallest absolute Gasteiger partial charge is 0.203 e. The number of phenols is 1. The monoisotopic (exact) mass is 491 g/mol. The third-order valence-electron chi connectivity index (χ3n) is 5.37. The number of methoxy groups -OCH3 is 5. The van der Waals surface area contributed by atoms with Gasteiger partial charge in [-0.2, -0.15) is 0 Å². The van der Waals surface area contributed by atoms with Gasteiger partial charge in [-0.05, 0) is 42.0 Å². The molecule has 0 amide bonds. The van der Waals surface area contributed by atoms with Crippen LogP contribution in [0.4, 0.5) is 5.69 Å². The quantitative estimate of drug-likeness (QED) is 0.159. The van der Waals surface area contributed by atoms with E-state index < -0.39 is 0 Å². The van der Waals surface area contributed by atoms with Gasteiger partial charge >= 0.3 is 0 Å². The Morgan fingerprint density at radius 1 is 0.778 bits per heavy atom. The van der Waals surface area contributed by atoms with Gasteiger partial charge in [0.1, 0.15) is 5.75 Å². The average molecular weight is 492 g/mol. The van der Waals surface area contributed by atoms with E-state index >= 15 is 0 Å². The number of phenolic OH excluding ortho intramolecular Hbond substituents is 1. The van der Waals surface area contributed by atoms with Crippen LogP contribution in [-0.4, -0.2) is 46.4 Å². The van der Waals surface area contributed by atoms with E-state index in [1.807, 2.05) is 6.08 Å². The predicted octanol–water partition coefficient (Wildman–Crippen LogP) is 5.41. The molecular weight excluding hydrogens is 462 g/mol. The molecule has 0 saturated carbocycles. The summed E-state index contributed by atoms with van der Waals surface area (Å²) in [5.41, 5.74) is 2.22. The van der Waals surface area contributed by atoms with Crippen LogP contribution >= 0.6 is 0 Å². The van der Waals surface area contributed by atoms with E-state index in [0.29, 0.717) is 39.8 Å². The van der Waals surface area contributed by atoms with Crippen LogP contribution in [0.25, 0.3) is 12.2 Å². The number of hydrogen-bond acceptors (Lipinski definition) is 8. The Morgan fingerprint density at radius 2 is 1.42 bits per heavy atom. The average Bonchev–Trinajstić information content (AvgIpc) is 2.92. The highest BCUT2D eigenvalue weighted by Crippen LogP contribution is 2.40. The van der Waals surface area contributed by atoms with Crippen molar-refractivity contribution >= 4 is 23.6 Å². The number of carbonyl (C=O) groups excluding carboxylic acids is 1. The molecule has 0 fully saturated rings. The number of carbonyl (C=O) groups is 1. The molecular formula is C28H29NO7. The van der Waals surface area contributed by atoms with Gasteiger partial charge in [0, 0.05) is 17.8 Å². The summed E-state index contributed by atoms with van der Waals surface area (Å²) >= 11 is 0. The maximum absolute atomic E-state index is 12.6. The zero-order valence-electron chi connectivity index (χ0n) is 20.8. The number of allylic oxidation sites excluding steroid dienone is 1. The van der Waals surface area contributed by atoms with Crippen molar-refractivity contribution in [3.63, 3.8) is 0 Å². The lowest BCUT2D eigenvalue weighted by atomic mass is 10.1. The molecule has 0 saturated heterocycles. The third-order valence-corrected chi connectivity index (χ3v) is 5.37. The first-order valence-electron chi connectivity index (χ1n) is 11.0. The molecule has 36 heavy (non-hydrogen) atoms. The van der Waals surface area contributed by atoms with Gasteiger partial charge in [-0.3, -0.25) is 4.79 Å². The highest BCUT2D eigenvalue weighted by molar-refractivity contribution is 6.06. The number of aromatic hydroxyl groups is 1. The molecule has 0 heterocycles. The molecule has 2 N–H and O–H groups in total. The summed E-state index contributed by atoms with van der Waals surface area (Å²) in [5.74, 6) is 1.94. The molecule has 3 rings (SSSR count). The van der Waals surface area contributed by atoms with E-state index in [0.717, 1.165) is 5.56 Å². The van der Waals surface area contributed by atoms with Gasteiger partial charge in [0.05, 0.1) is 46.8 Å². The zero-order valence-corrected chi connectivity index (χ0v) is 20.8. The Morgan fingerprint density at radius 3 is 2.03 bits per heavy atom. The van der Waals surface area contributed by atoms with E-state index in [1.54, 1.807) is 75.9 Å². The van der Waals surface area contributed by atoms with E-state index in [4.69, 9.17) is 23.7 Å². The normalized spacial score (nSPS) is 10.9. The summed E-state index contributed by atoms with van der Waals surface area (Å²) in [6.07, 6.45) is 6.46. The fourth-order valence-electron chi connectivity index (χ4n) is 3.57. The van der Waals surface area contributed by atoms with Crippen LogP contribution in [0.3, 0.4) is 0 Å². The van der Waals surface area contributed by atoms with Crippen LogP contribution in [-0.2, 0) is 0 Å². The van der Waals surface area contributed by atoms with E-state index in [1.165, 1.54) is 26.5 Å². The van der Waals surface area contributed by atoms with Gasteiger partial charge in [-0.25, -0.2) is 0 Å². The van der Waals surface area contributed by atoms with Crippen LogP contribution in [0.2, 0.25) is 0 Å². The molecule has 0 aliphatic carbocycles. The second kappa shape index (κ2) is 12.2. The molecule has 0 aliphatic heterocycles. The number of para-hydroxylation sites is 1. The summed E-state index contributed by atoms with van der Waals surface area (Å²) in [6, 6.07) is 14.0. The van der Waals surface area contributed by atoms with Crippen molar-refractivity contribution in [1.82, 2.24) is 0 Å². The summed E-state index contributed by atoms with van der Waals surface area (Å²) in [7, 11) is 7.61. The molecule has 3 aromatic rings. The number of nitrogens with one attached hydrogen (secondary N) is 1.